The lowest BCUT2D eigenvalue weighted by atomic mass is 10.3. The lowest BCUT2D eigenvalue weighted by molar-refractivity contribution is -0.108. The lowest BCUT2D eigenvalue weighted by Crippen LogP contribution is -2.23. The Bertz CT molecular complexity index is 316. The van der Waals surface area contributed by atoms with Crippen molar-refractivity contribution in [2.75, 3.05) is 0 Å². The van der Waals surface area contributed by atoms with E-state index in [0.717, 1.165) is 5.69 Å². The second kappa shape index (κ2) is 3.17. The predicted octanol–water partition coefficient (Wildman–Crippen LogP) is -0.385. The van der Waals surface area contributed by atoms with E-state index in [1.54, 1.807) is 20.0 Å². The van der Waals surface area contributed by atoms with Crippen LogP contribution in [-0.2, 0) is 11.8 Å². The molecule has 1 rings (SSSR count). The van der Waals surface area contributed by atoms with Crippen LogP contribution in [0.4, 0.5) is 0 Å². The second-order valence-electron chi connectivity index (χ2n) is 2.39. The van der Waals surface area contributed by atoms with Gasteiger partial charge in [-0.2, -0.15) is 5.10 Å². The summed E-state index contributed by atoms with van der Waals surface area (Å²) < 4.78 is 1.42. The van der Waals surface area contributed by atoms with Gasteiger partial charge in [0.2, 0.25) is 6.41 Å². The molecule has 0 bridgehead atoms. The van der Waals surface area contributed by atoms with Crippen molar-refractivity contribution in [2.24, 2.45) is 7.05 Å². The van der Waals surface area contributed by atoms with Crippen LogP contribution in [0.2, 0.25) is 0 Å². The van der Waals surface area contributed by atoms with Crippen LogP contribution in [0, 0.1) is 6.92 Å². The first kappa shape index (κ1) is 8.45. The highest BCUT2D eigenvalue weighted by Crippen LogP contribution is 2.00. The molecular weight excluding hydrogens is 158 g/mol. The van der Waals surface area contributed by atoms with Gasteiger partial charge < -0.3 is 0 Å². The minimum absolute atomic E-state index is 0.352. The normalized spacial score (nSPS) is 9.50. The number of hydrogen-bond donors (Lipinski definition) is 1. The Morgan fingerprint density at radius 2 is 2.42 bits per heavy atom. The number of rotatable bonds is 2. The molecule has 0 saturated heterocycles. The molecular formula is C7H9N3O2. The van der Waals surface area contributed by atoms with E-state index in [9.17, 15) is 9.59 Å². The Kier molecular flexibility index (Phi) is 2.23. The molecule has 0 aliphatic carbocycles. The summed E-state index contributed by atoms with van der Waals surface area (Å²) in [5, 5.41) is 5.99. The second-order valence-corrected chi connectivity index (χ2v) is 2.39. The van der Waals surface area contributed by atoms with Gasteiger partial charge in [-0.15, -0.1) is 0 Å². The maximum Gasteiger partial charge on any atom is 0.275 e. The number of nitrogens with one attached hydrogen (secondary N) is 1. The lowest BCUT2D eigenvalue weighted by Gasteiger charge is -1.96. The Morgan fingerprint density at radius 3 is 2.83 bits per heavy atom. The first-order valence-corrected chi connectivity index (χ1v) is 3.40. The number of nitrogens with zero attached hydrogens (tertiary/aromatic N) is 2. The fourth-order valence-electron chi connectivity index (χ4n) is 0.951. The van der Waals surface area contributed by atoms with Gasteiger partial charge in [0, 0.05) is 7.05 Å². The molecule has 0 saturated carbocycles. The van der Waals surface area contributed by atoms with Crippen molar-refractivity contribution in [1.29, 1.82) is 0 Å². The molecule has 5 heteroatoms. The van der Waals surface area contributed by atoms with Gasteiger partial charge in [-0.1, -0.05) is 0 Å². The molecule has 0 unspecified atom stereocenters. The molecule has 64 valence electrons. The fraction of sp³-hybridized carbons (Fsp3) is 0.286. The van der Waals surface area contributed by atoms with Crippen molar-refractivity contribution in [3.63, 3.8) is 0 Å². The number of carbonyl (C=O) groups is 2. The van der Waals surface area contributed by atoms with Gasteiger partial charge in [-0.05, 0) is 13.0 Å². The molecule has 2 amide bonds. The maximum atomic E-state index is 11.1. The fourth-order valence-corrected chi connectivity index (χ4v) is 0.951. The minimum atomic E-state index is -0.437. The van der Waals surface area contributed by atoms with Crippen molar-refractivity contribution in [2.45, 2.75) is 6.92 Å². The summed E-state index contributed by atoms with van der Waals surface area (Å²) in [5.41, 5.74) is 1.12. The van der Waals surface area contributed by atoms with E-state index in [4.69, 9.17) is 0 Å². The first-order chi connectivity index (χ1) is 5.65. The van der Waals surface area contributed by atoms with E-state index in [1.807, 2.05) is 5.32 Å². The summed E-state index contributed by atoms with van der Waals surface area (Å²) in [4.78, 5) is 21.0. The summed E-state index contributed by atoms with van der Waals surface area (Å²) >= 11 is 0. The Hall–Kier alpha value is -1.65. The minimum Gasteiger partial charge on any atom is -0.294 e. The van der Waals surface area contributed by atoms with Crippen LogP contribution in [0.3, 0.4) is 0 Å². The van der Waals surface area contributed by atoms with Gasteiger partial charge >= 0.3 is 0 Å². The van der Waals surface area contributed by atoms with E-state index in [-0.39, 0.29) is 0 Å². The van der Waals surface area contributed by atoms with Gasteiger partial charge in [0.25, 0.3) is 5.91 Å². The van der Waals surface area contributed by atoms with Crippen LogP contribution in [0.25, 0.3) is 0 Å². The molecule has 0 fully saturated rings. The van der Waals surface area contributed by atoms with E-state index < -0.39 is 5.91 Å². The number of amides is 2. The highest BCUT2D eigenvalue weighted by molar-refractivity contribution is 5.98. The van der Waals surface area contributed by atoms with Gasteiger partial charge in [-0.3, -0.25) is 19.6 Å². The molecule has 1 N–H and O–H groups in total. The average molecular weight is 167 g/mol. The standard InChI is InChI=1S/C7H9N3O2/c1-5-3-6(10(2)9-5)7(12)8-4-11/h3-4H,1-2H3,(H,8,11,12). The molecule has 12 heavy (non-hydrogen) atoms. The van der Waals surface area contributed by atoms with E-state index in [0.29, 0.717) is 12.1 Å². The molecule has 1 aromatic rings. The molecule has 5 nitrogen and oxygen atoms in total. The van der Waals surface area contributed by atoms with Crippen molar-refractivity contribution in [3.05, 3.63) is 17.5 Å². The zero-order valence-corrected chi connectivity index (χ0v) is 6.87. The van der Waals surface area contributed by atoms with Gasteiger partial charge in [0.15, 0.2) is 0 Å². The molecule has 1 heterocycles. The van der Waals surface area contributed by atoms with Crippen LogP contribution < -0.4 is 5.32 Å². The van der Waals surface area contributed by atoms with Gasteiger partial charge in [0.05, 0.1) is 5.69 Å². The monoisotopic (exact) mass is 167 g/mol. The highest BCUT2D eigenvalue weighted by Gasteiger charge is 2.09. The van der Waals surface area contributed by atoms with Crippen molar-refractivity contribution in [3.8, 4) is 0 Å². The SMILES string of the molecule is Cc1cc(C(=O)NC=O)n(C)n1. The number of aromatic nitrogens is 2. The first-order valence-electron chi connectivity index (χ1n) is 3.40. The highest BCUT2D eigenvalue weighted by atomic mass is 16.2. The van der Waals surface area contributed by atoms with Crippen molar-refractivity contribution in [1.82, 2.24) is 15.1 Å². The molecule has 0 radical (unpaired) electrons. The number of imide groups is 1. The summed E-state index contributed by atoms with van der Waals surface area (Å²) in [6.45, 7) is 1.78. The number of hydrogen-bond acceptors (Lipinski definition) is 3. The number of aryl methyl sites for hydroxylation is 2. The van der Waals surface area contributed by atoms with E-state index >= 15 is 0 Å². The quantitative estimate of drug-likeness (QED) is 0.610. The molecule has 0 atom stereocenters. The summed E-state index contributed by atoms with van der Waals surface area (Å²) in [7, 11) is 1.65. The van der Waals surface area contributed by atoms with Crippen LogP contribution >= 0.6 is 0 Å². The van der Waals surface area contributed by atoms with Gasteiger partial charge in [-0.25, -0.2) is 0 Å². The molecule has 0 aliphatic rings. The van der Waals surface area contributed by atoms with Crippen LogP contribution in [0.15, 0.2) is 6.07 Å². The average Bonchev–Trinajstić information content (AvgIpc) is 2.30. The Labute approximate surface area is 69.4 Å². The largest absolute Gasteiger partial charge is 0.294 e. The third-order valence-corrected chi connectivity index (χ3v) is 1.42. The van der Waals surface area contributed by atoms with Crippen LogP contribution in [-0.4, -0.2) is 22.1 Å². The number of carbonyl (C=O) groups excluding carboxylic acids is 2. The molecule has 0 spiro atoms. The zero-order valence-electron chi connectivity index (χ0n) is 6.87. The maximum absolute atomic E-state index is 11.1. The van der Waals surface area contributed by atoms with Crippen LogP contribution in [0.5, 0.6) is 0 Å². The van der Waals surface area contributed by atoms with Gasteiger partial charge in [0.1, 0.15) is 5.69 Å². The Balaban J connectivity index is 2.94. The van der Waals surface area contributed by atoms with E-state index in [1.165, 1.54) is 4.68 Å². The van der Waals surface area contributed by atoms with Crippen LogP contribution in [0.1, 0.15) is 16.2 Å². The molecule has 0 aliphatic heterocycles. The zero-order chi connectivity index (χ0) is 9.14. The predicted molar refractivity (Wildman–Crippen MR) is 41.5 cm³/mol. The van der Waals surface area contributed by atoms with Crippen molar-refractivity contribution < 1.29 is 9.59 Å². The topological polar surface area (TPSA) is 64.0 Å². The Morgan fingerprint density at radius 1 is 1.75 bits per heavy atom. The molecule has 0 aromatic carbocycles. The summed E-state index contributed by atoms with van der Waals surface area (Å²) in [6.07, 6.45) is 0.352. The smallest absolute Gasteiger partial charge is 0.275 e. The third kappa shape index (κ3) is 1.50. The molecule has 1 aromatic heterocycles. The third-order valence-electron chi connectivity index (χ3n) is 1.42. The summed E-state index contributed by atoms with van der Waals surface area (Å²) in [6, 6.07) is 1.61. The summed E-state index contributed by atoms with van der Waals surface area (Å²) in [5.74, 6) is -0.437. The van der Waals surface area contributed by atoms with E-state index in [2.05, 4.69) is 5.10 Å². The van der Waals surface area contributed by atoms with Crippen molar-refractivity contribution >= 4 is 12.3 Å².